The van der Waals surface area contributed by atoms with Crippen LogP contribution < -0.4 is 5.32 Å². The molecular weight excluding hydrogens is 162 g/mol. The molecule has 2 N–H and O–H groups in total. The van der Waals surface area contributed by atoms with E-state index in [1.807, 2.05) is 40.0 Å². The summed E-state index contributed by atoms with van der Waals surface area (Å²) in [7, 11) is 1.86. The van der Waals surface area contributed by atoms with E-state index in [1.54, 1.807) is 6.07 Å². The van der Waals surface area contributed by atoms with Crippen LogP contribution in [0.4, 0.5) is 5.69 Å². The number of phenols is 1. The third-order valence-electron chi connectivity index (χ3n) is 1.77. The third kappa shape index (κ3) is 2.98. The molecule has 0 saturated heterocycles. The number of rotatable bonds is 2. The SMILES string of the molecule is CC.CCc1c(O)cccc1NC. The fraction of sp³-hybridized carbons (Fsp3) is 0.455. The van der Waals surface area contributed by atoms with E-state index in [0.717, 1.165) is 17.7 Å². The standard InChI is InChI=1S/C9H13NO.C2H6/c1-3-7-8(10-2)5-4-6-9(7)11;1-2/h4-6,10-11H,3H2,1-2H3;1-2H3. The topological polar surface area (TPSA) is 32.3 Å². The van der Waals surface area contributed by atoms with E-state index >= 15 is 0 Å². The summed E-state index contributed by atoms with van der Waals surface area (Å²) in [5.41, 5.74) is 1.99. The van der Waals surface area contributed by atoms with Crippen molar-refractivity contribution in [3.63, 3.8) is 0 Å². The second-order valence-electron chi connectivity index (χ2n) is 2.41. The molecule has 0 aliphatic rings. The molecule has 0 bridgehead atoms. The number of aromatic hydroxyl groups is 1. The summed E-state index contributed by atoms with van der Waals surface area (Å²) in [6, 6.07) is 5.50. The first-order valence-electron chi connectivity index (χ1n) is 4.78. The van der Waals surface area contributed by atoms with Crippen molar-refractivity contribution < 1.29 is 5.11 Å². The number of nitrogens with one attached hydrogen (secondary N) is 1. The first kappa shape index (κ1) is 11.8. The second kappa shape index (κ2) is 6.35. The van der Waals surface area contributed by atoms with Gasteiger partial charge in [0.15, 0.2) is 0 Å². The maximum atomic E-state index is 9.38. The highest BCUT2D eigenvalue weighted by Gasteiger charge is 2.02. The maximum absolute atomic E-state index is 9.38. The first-order chi connectivity index (χ1) is 6.29. The Bertz CT molecular complexity index is 246. The Labute approximate surface area is 80.6 Å². The highest BCUT2D eigenvalue weighted by atomic mass is 16.3. The van der Waals surface area contributed by atoms with Gasteiger partial charge in [-0.1, -0.05) is 26.8 Å². The lowest BCUT2D eigenvalue weighted by molar-refractivity contribution is 0.469. The Morgan fingerprint density at radius 2 is 1.92 bits per heavy atom. The Morgan fingerprint density at radius 3 is 2.31 bits per heavy atom. The minimum Gasteiger partial charge on any atom is -0.508 e. The van der Waals surface area contributed by atoms with E-state index in [9.17, 15) is 5.11 Å². The lowest BCUT2D eigenvalue weighted by Gasteiger charge is -2.07. The predicted octanol–water partition coefficient (Wildman–Crippen LogP) is 3.02. The molecular formula is C11H19NO. The van der Waals surface area contributed by atoms with Crippen molar-refractivity contribution in [1.29, 1.82) is 0 Å². The fourth-order valence-corrected chi connectivity index (χ4v) is 1.18. The summed E-state index contributed by atoms with van der Waals surface area (Å²) in [5.74, 6) is 0.374. The van der Waals surface area contributed by atoms with Crippen LogP contribution in [0.25, 0.3) is 0 Å². The highest BCUT2D eigenvalue weighted by Crippen LogP contribution is 2.24. The van der Waals surface area contributed by atoms with E-state index in [-0.39, 0.29) is 0 Å². The van der Waals surface area contributed by atoms with Crippen LogP contribution in [0.15, 0.2) is 18.2 Å². The average molecular weight is 181 g/mol. The molecule has 2 nitrogen and oxygen atoms in total. The van der Waals surface area contributed by atoms with Crippen LogP contribution in [0.2, 0.25) is 0 Å². The number of phenolic OH excluding ortho intramolecular Hbond substituents is 1. The molecule has 0 fully saturated rings. The van der Waals surface area contributed by atoms with Gasteiger partial charge in [0.25, 0.3) is 0 Å². The van der Waals surface area contributed by atoms with Gasteiger partial charge in [0.2, 0.25) is 0 Å². The van der Waals surface area contributed by atoms with Crippen molar-refractivity contribution in [3.8, 4) is 5.75 Å². The summed E-state index contributed by atoms with van der Waals surface area (Å²) in [6.45, 7) is 6.02. The minimum absolute atomic E-state index is 0.374. The van der Waals surface area contributed by atoms with Gasteiger partial charge in [0, 0.05) is 18.3 Å². The molecule has 0 saturated carbocycles. The van der Waals surface area contributed by atoms with Gasteiger partial charge in [0.05, 0.1) is 0 Å². The smallest absolute Gasteiger partial charge is 0.120 e. The minimum atomic E-state index is 0.374. The van der Waals surface area contributed by atoms with Crippen LogP contribution >= 0.6 is 0 Å². The van der Waals surface area contributed by atoms with E-state index in [4.69, 9.17) is 0 Å². The van der Waals surface area contributed by atoms with Crippen LogP contribution in [0.3, 0.4) is 0 Å². The number of hydrogen-bond acceptors (Lipinski definition) is 2. The summed E-state index contributed by atoms with van der Waals surface area (Å²) in [6.07, 6.45) is 0.850. The van der Waals surface area contributed by atoms with E-state index in [0.29, 0.717) is 5.75 Å². The predicted molar refractivity (Wildman–Crippen MR) is 58.4 cm³/mol. The molecule has 1 aromatic rings. The summed E-state index contributed by atoms with van der Waals surface area (Å²) < 4.78 is 0. The number of hydrogen-bond donors (Lipinski definition) is 2. The Hall–Kier alpha value is -1.18. The molecule has 0 unspecified atom stereocenters. The quantitative estimate of drug-likeness (QED) is 0.735. The Balaban J connectivity index is 0.000000671. The lowest BCUT2D eigenvalue weighted by atomic mass is 10.1. The molecule has 0 radical (unpaired) electrons. The molecule has 2 heteroatoms. The summed E-state index contributed by atoms with van der Waals surface area (Å²) >= 11 is 0. The van der Waals surface area contributed by atoms with Gasteiger partial charge in [-0.2, -0.15) is 0 Å². The van der Waals surface area contributed by atoms with Gasteiger partial charge in [0.1, 0.15) is 5.75 Å². The molecule has 0 spiro atoms. The average Bonchev–Trinajstić information content (AvgIpc) is 2.20. The molecule has 0 aliphatic heterocycles. The van der Waals surface area contributed by atoms with Gasteiger partial charge < -0.3 is 10.4 Å². The van der Waals surface area contributed by atoms with Crippen molar-refractivity contribution >= 4 is 5.69 Å². The van der Waals surface area contributed by atoms with E-state index in [1.165, 1.54) is 0 Å². The monoisotopic (exact) mass is 181 g/mol. The largest absolute Gasteiger partial charge is 0.508 e. The van der Waals surface area contributed by atoms with Crippen LogP contribution in [-0.4, -0.2) is 12.2 Å². The molecule has 0 aliphatic carbocycles. The highest BCUT2D eigenvalue weighted by molar-refractivity contribution is 5.56. The zero-order valence-corrected chi connectivity index (χ0v) is 8.89. The van der Waals surface area contributed by atoms with Crippen molar-refractivity contribution in [2.75, 3.05) is 12.4 Å². The maximum Gasteiger partial charge on any atom is 0.120 e. The van der Waals surface area contributed by atoms with Crippen molar-refractivity contribution in [1.82, 2.24) is 0 Å². The number of benzene rings is 1. The van der Waals surface area contributed by atoms with Crippen molar-refractivity contribution in [2.24, 2.45) is 0 Å². The van der Waals surface area contributed by atoms with E-state index in [2.05, 4.69) is 5.32 Å². The Kier molecular flexibility index (Phi) is 5.77. The van der Waals surface area contributed by atoms with Crippen LogP contribution in [0, 0.1) is 0 Å². The van der Waals surface area contributed by atoms with Crippen molar-refractivity contribution in [2.45, 2.75) is 27.2 Å². The van der Waals surface area contributed by atoms with E-state index < -0.39 is 0 Å². The molecule has 0 amide bonds. The lowest BCUT2D eigenvalue weighted by Crippen LogP contribution is -1.93. The molecule has 13 heavy (non-hydrogen) atoms. The molecule has 1 aromatic carbocycles. The molecule has 0 atom stereocenters. The first-order valence-corrected chi connectivity index (χ1v) is 4.78. The van der Waals surface area contributed by atoms with Gasteiger partial charge in [-0.15, -0.1) is 0 Å². The van der Waals surface area contributed by atoms with Crippen molar-refractivity contribution in [3.05, 3.63) is 23.8 Å². The van der Waals surface area contributed by atoms with Gasteiger partial charge in [-0.3, -0.25) is 0 Å². The third-order valence-corrected chi connectivity index (χ3v) is 1.77. The summed E-state index contributed by atoms with van der Waals surface area (Å²) in [4.78, 5) is 0. The zero-order valence-electron chi connectivity index (χ0n) is 8.89. The van der Waals surface area contributed by atoms with Gasteiger partial charge >= 0.3 is 0 Å². The zero-order chi connectivity index (χ0) is 10.3. The summed E-state index contributed by atoms with van der Waals surface area (Å²) in [5, 5.41) is 12.4. The molecule has 0 heterocycles. The van der Waals surface area contributed by atoms with Crippen LogP contribution in [0.1, 0.15) is 26.3 Å². The van der Waals surface area contributed by atoms with Crippen LogP contribution in [0.5, 0.6) is 5.75 Å². The van der Waals surface area contributed by atoms with Gasteiger partial charge in [-0.25, -0.2) is 0 Å². The van der Waals surface area contributed by atoms with Gasteiger partial charge in [-0.05, 0) is 18.6 Å². The second-order valence-corrected chi connectivity index (χ2v) is 2.41. The normalized spacial score (nSPS) is 8.62. The fourth-order valence-electron chi connectivity index (χ4n) is 1.18. The molecule has 1 rings (SSSR count). The number of anilines is 1. The Morgan fingerprint density at radius 1 is 1.31 bits per heavy atom. The molecule has 0 aromatic heterocycles. The molecule has 74 valence electrons. The van der Waals surface area contributed by atoms with Crippen LogP contribution in [-0.2, 0) is 6.42 Å².